The van der Waals surface area contributed by atoms with Crippen molar-refractivity contribution in [2.75, 3.05) is 13.1 Å². The Labute approximate surface area is 204 Å². The zero-order valence-corrected chi connectivity index (χ0v) is 20.3. The van der Waals surface area contributed by atoms with Crippen molar-refractivity contribution in [2.24, 2.45) is 17.6 Å². The lowest BCUT2D eigenvalue weighted by Crippen LogP contribution is -2.39. The van der Waals surface area contributed by atoms with Crippen LogP contribution in [0.3, 0.4) is 0 Å². The third-order valence-corrected chi connectivity index (χ3v) is 7.74. The molecule has 1 saturated heterocycles. The Morgan fingerprint density at radius 1 is 1.09 bits per heavy atom. The van der Waals surface area contributed by atoms with Crippen LogP contribution in [0.5, 0.6) is 5.88 Å². The molecule has 3 atom stereocenters. The zero-order valence-electron chi connectivity index (χ0n) is 18.0. The van der Waals surface area contributed by atoms with Crippen LogP contribution in [0.15, 0.2) is 36.5 Å². The van der Waals surface area contributed by atoms with Crippen molar-refractivity contribution in [3.05, 3.63) is 57.2 Å². The van der Waals surface area contributed by atoms with Gasteiger partial charge in [0, 0.05) is 49.1 Å². The Morgan fingerprint density at radius 3 is 2.50 bits per heavy atom. The minimum Gasteiger partial charge on any atom is -0.474 e. The van der Waals surface area contributed by atoms with Gasteiger partial charge in [-0.15, -0.1) is 0 Å². The Morgan fingerprint density at radius 2 is 1.84 bits per heavy atom. The molecule has 1 aliphatic carbocycles. The molecule has 0 spiro atoms. The van der Waals surface area contributed by atoms with Crippen LogP contribution >= 0.6 is 34.8 Å². The van der Waals surface area contributed by atoms with E-state index in [1.807, 2.05) is 30.0 Å². The van der Waals surface area contributed by atoms with E-state index in [1.54, 1.807) is 18.3 Å². The molecule has 8 heteroatoms. The molecule has 2 fully saturated rings. The maximum absolute atomic E-state index is 13.3. The first-order valence-corrected chi connectivity index (χ1v) is 12.2. The summed E-state index contributed by atoms with van der Waals surface area (Å²) in [6.07, 6.45) is 4.94. The van der Waals surface area contributed by atoms with Crippen molar-refractivity contribution < 1.29 is 9.53 Å². The first-order chi connectivity index (χ1) is 15.3. The van der Waals surface area contributed by atoms with Gasteiger partial charge in [0.05, 0.1) is 15.1 Å². The van der Waals surface area contributed by atoms with E-state index in [0.717, 1.165) is 31.2 Å². The van der Waals surface area contributed by atoms with Crippen molar-refractivity contribution >= 4 is 40.7 Å². The second-order valence-corrected chi connectivity index (χ2v) is 10.2. The lowest BCUT2D eigenvalue weighted by molar-refractivity contribution is -0.135. The van der Waals surface area contributed by atoms with Gasteiger partial charge in [0.25, 0.3) is 0 Å². The number of hydrogen-bond acceptors (Lipinski definition) is 4. The molecule has 5 nitrogen and oxygen atoms in total. The molecular weight excluding hydrogens is 469 g/mol. The van der Waals surface area contributed by atoms with Crippen molar-refractivity contribution in [3.8, 4) is 5.88 Å². The minimum atomic E-state index is -0.166. The number of likely N-dealkylation sites (tertiary alicyclic amines) is 1. The quantitative estimate of drug-likeness (QED) is 0.587. The Kier molecular flexibility index (Phi) is 7.51. The third-order valence-electron chi connectivity index (χ3n) is 6.78. The average Bonchev–Trinajstić information content (AvgIpc) is 3.23. The summed E-state index contributed by atoms with van der Waals surface area (Å²) in [6, 6.07) is 9.45. The van der Waals surface area contributed by atoms with Crippen LogP contribution < -0.4 is 10.5 Å². The molecule has 0 unspecified atom stereocenters. The van der Waals surface area contributed by atoms with Crippen LogP contribution in [-0.4, -0.2) is 41.0 Å². The van der Waals surface area contributed by atoms with Gasteiger partial charge in [0.2, 0.25) is 11.8 Å². The monoisotopic (exact) mass is 495 g/mol. The summed E-state index contributed by atoms with van der Waals surface area (Å²) in [5.41, 5.74) is 7.10. The minimum absolute atomic E-state index is 0.0529. The molecule has 1 amide bonds. The fourth-order valence-electron chi connectivity index (χ4n) is 4.91. The lowest BCUT2D eigenvalue weighted by Gasteiger charge is -2.29. The van der Waals surface area contributed by atoms with Gasteiger partial charge in [0.1, 0.15) is 6.10 Å². The first-order valence-electron chi connectivity index (χ1n) is 11.1. The molecule has 1 saturated carbocycles. The number of carbonyl (C=O) groups excluding carboxylic acids is 1. The first kappa shape index (κ1) is 23.6. The summed E-state index contributed by atoms with van der Waals surface area (Å²) in [4.78, 5) is 19.6. The highest BCUT2D eigenvalue weighted by Gasteiger charge is 2.42. The van der Waals surface area contributed by atoms with Crippen LogP contribution in [0.25, 0.3) is 0 Å². The van der Waals surface area contributed by atoms with E-state index in [1.165, 1.54) is 0 Å². The smallest absolute Gasteiger partial charge is 0.225 e. The van der Waals surface area contributed by atoms with Crippen LogP contribution in [0.2, 0.25) is 15.1 Å². The molecule has 2 aromatic rings. The van der Waals surface area contributed by atoms with E-state index in [0.29, 0.717) is 34.0 Å². The topological polar surface area (TPSA) is 68.5 Å². The van der Waals surface area contributed by atoms with Crippen molar-refractivity contribution in [2.45, 2.75) is 50.7 Å². The van der Waals surface area contributed by atoms with Gasteiger partial charge in [0.15, 0.2) is 0 Å². The van der Waals surface area contributed by atoms with Gasteiger partial charge in [-0.25, -0.2) is 4.98 Å². The van der Waals surface area contributed by atoms with E-state index in [2.05, 4.69) is 4.98 Å². The summed E-state index contributed by atoms with van der Waals surface area (Å²) in [6.45, 7) is 3.28. The van der Waals surface area contributed by atoms with Crippen LogP contribution in [-0.2, 0) is 4.79 Å². The second-order valence-electron chi connectivity index (χ2n) is 8.94. The molecule has 0 radical (unpaired) electrons. The van der Waals surface area contributed by atoms with Crippen LogP contribution in [0.4, 0.5) is 0 Å². The molecule has 1 aliphatic heterocycles. The number of hydrogen-bond donors (Lipinski definition) is 1. The number of nitrogens with two attached hydrogens (primary N) is 1. The Bertz CT molecular complexity index is 948. The zero-order chi connectivity index (χ0) is 22.8. The molecule has 0 bridgehead atoms. The highest BCUT2D eigenvalue weighted by molar-refractivity contribution is 6.42. The number of halogens is 3. The molecule has 172 valence electrons. The fourth-order valence-corrected chi connectivity index (χ4v) is 5.33. The molecule has 1 aromatic heterocycles. The Balaban J connectivity index is 1.55. The molecule has 32 heavy (non-hydrogen) atoms. The van der Waals surface area contributed by atoms with Crippen molar-refractivity contribution in [1.29, 1.82) is 0 Å². The van der Waals surface area contributed by atoms with Gasteiger partial charge >= 0.3 is 0 Å². The summed E-state index contributed by atoms with van der Waals surface area (Å²) < 4.78 is 6.16. The predicted molar refractivity (Wildman–Crippen MR) is 129 cm³/mol. The normalized spacial score (nSPS) is 26.7. The standard InChI is InChI=1S/C24H28Cl3N3O2/c1-14(32-23-9-5-17(25)11-29-23)19-12-30(24(31)15-2-6-18(28)7-3-15)13-20(19)16-4-8-21(26)22(27)10-16/h4-5,8-11,14-15,18-20H,2-3,6-7,12-13,28H2,1H3/t14-,15?,18?,19+,20+/m0/s1. The van der Waals surface area contributed by atoms with Gasteiger partial charge in [-0.05, 0) is 56.4 Å². The van der Waals surface area contributed by atoms with E-state index >= 15 is 0 Å². The van der Waals surface area contributed by atoms with Gasteiger partial charge in [-0.1, -0.05) is 40.9 Å². The largest absolute Gasteiger partial charge is 0.474 e. The number of pyridine rings is 1. The van der Waals surface area contributed by atoms with Crippen LogP contribution in [0, 0.1) is 11.8 Å². The summed E-state index contributed by atoms with van der Waals surface area (Å²) in [5, 5.41) is 1.59. The van der Waals surface area contributed by atoms with E-state index in [-0.39, 0.29) is 35.8 Å². The van der Waals surface area contributed by atoms with Crippen molar-refractivity contribution in [1.82, 2.24) is 9.88 Å². The number of benzene rings is 1. The summed E-state index contributed by atoms with van der Waals surface area (Å²) in [7, 11) is 0. The summed E-state index contributed by atoms with van der Waals surface area (Å²) >= 11 is 18.4. The van der Waals surface area contributed by atoms with Crippen LogP contribution in [0.1, 0.15) is 44.1 Å². The third kappa shape index (κ3) is 5.33. The molecule has 2 N–H and O–H groups in total. The predicted octanol–water partition coefficient (Wildman–Crippen LogP) is 5.57. The van der Waals surface area contributed by atoms with E-state index in [9.17, 15) is 4.79 Å². The highest BCUT2D eigenvalue weighted by atomic mass is 35.5. The number of rotatable bonds is 5. The molecule has 4 rings (SSSR count). The fraction of sp³-hybridized carbons (Fsp3) is 0.500. The van der Waals surface area contributed by atoms with Crippen molar-refractivity contribution in [3.63, 3.8) is 0 Å². The van der Waals surface area contributed by atoms with Gasteiger partial charge in [-0.3, -0.25) is 4.79 Å². The maximum Gasteiger partial charge on any atom is 0.225 e. The number of ether oxygens (including phenoxy) is 1. The van der Waals surface area contributed by atoms with Gasteiger partial charge in [-0.2, -0.15) is 0 Å². The summed E-state index contributed by atoms with van der Waals surface area (Å²) in [5.74, 6) is 0.959. The molecule has 1 aromatic carbocycles. The molecule has 2 heterocycles. The van der Waals surface area contributed by atoms with Gasteiger partial charge < -0.3 is 15.4 Å². The van der Waals surface area contributed by atoms with E-state index in [4.69, 9.17) is 45.3 Å². The number of amides is 1. The number of nitrogens with zero attached hydrogens (tertiary/aromatic N) is 2. The highest BCUT2D eigenvalue weighted by Crippen LogP contribution is 2.39. The lowest BCUT2D eigenvalue weighted by atomic mass is 9.85. The maximum atomic E-state index is 13.3. The number of carbonyl (C=O) groups is 1. The second kappa shape index (κ2) is 10.2. The SMILES string of the molecule is C[C@H](Oc1ccc(Cl)cn1)[C@H]1CN(C(=O)C2CCC(N)CC2)C[C@@H]1c1ccc(Cl)c(Cl)c1. The average molecular weight is 497 g/mol. The molecule has 2 aliphatic rings. The van der Waals surface area contributed by atoms with E-state index < -0.39 is 0 Å². The Hall–Kier alpha value is -1.53. The number of aromatic nitrogens is 1. The molecular formula is C24H28Cl3N3O2.